The van der Waals surface area contributed by atoms with Gasteiger partial charge in [-0.2, -0.15) is 13.2 Å². The third-order valence-corrected chi connectivity index (χ3v) is 10.3. The molecular weight excluding hydrogens is 837 g/mol. The Hall–Kier alpha value is -7.30. The van der Waals surface area contributed by atoms with Gasteiger partial charge in [-0.1, -0.05) is 83.2 Å². The van der Waals surface area contributed by atoms with E-state index in [0.29, 0.717) is 47.2 Å². The highest BCUT2D eigenvalue weighted by Crippen LogP contribution is 2.36. The summed E-state index contributed by atoms with van der Waals surface area (Å²) in [5, 5.41) is 23.9. The van der Waals surface area contributed by atoms with Crippen molar-refractivity contribution in [3.8, 4) is 45.0 Å². The van der Waals surface area contributed by atoms with Crippen LogP contribution in [0, 0.1) is 5.82 Å². The first-order valence-electron chi connectivity index (χ1n) is 21.0. The number of alkyl halides is 3. The van der Waals surface area contributed by atoms with Gasteiger partial charge in [-0.15, -0.1) is 10.2 Å². The molecule has 0 aliphatic rings. The molecule has 0 aliphatic heterocycles. The summed E-state index contributed by atoms with van der Waals surface area (Å²) >= 11 is 0. The van der Waals surface area contributed by atoms with Crippen LogP contribution < -0.4 is 10.6 Å². The minimum atomic E-state index is -4.46. The number of rotatable bonds is 16. The molecule has 65 heavy (non-hydrogen) atoms. The maximum absolute atomic E-state index is 13.4. The van der Waals surface area contributed by atoms with Crippen molar-refractivity contribution >= 4 is 11.6 Å². The number of pyridine rings is 2. The van der Waals surface area contributed by atoms with E-state index in [2.05, 4.69) is 60.3 Å². The van der Waals surface area contributed by atoms with Crippen molar-refractivity contribution in [2.24, 2.45) is 0 Å². The Morgan fingerprint density at radius 2 is 1.03 bits per heavy atom. The van der Waals surface area contributed by atoms with Gasteiger partial charge in [0.1, 0.15) is 42.3 Å². The van der Waals surface area contributed by atoms with Gasteiger partial charge >= 0.3 is 6.18 Å². The largest absolute Gasteiger partial charge is 0.416 e. The predicted molar refractivity (Wildman–Crippen MR) is 243 cm³/mol. The zero-order valence-electron chi connectivity index (χ0n) is 36.2. The van der Waals surface area contributed by atoms with Gasteiger partial charge in [0.25, 0.3) is 0 Å². The normalized spacial score (nSPS) is 12.2. The molecule has 8 rings (SSSR count). The SMILES string of the molecule is CCOCn1nnc(-c2ccc(F)cc2)c1-c1ccnc(N[C@@H](C)c2ccccc2)c1.CCOCn1nnc(-c2ccnc(N[C@@H](C)c3ccccc3)c2)c1-c1cccc(C(F)(F)F)c1. The van der Waals surface area contributed by atoms with E-state index in [4.69, 9.17) is 9.47 Å². The van der Waals surface area contributed by atoms with Crippen molar-refractivity contribution in [1.82, 2.24) is 40.0 Å². The van der Waals surface area contributed by atoms with Crippen LogP contribution >= 0.6 is 0 Å². The molecule has 0 aliphatic carbocycles. The maximum Gasteiger partial charge on any atom is 0.416 e. The fourth-order valence-corrected chi connectivity index (χ4v) is 6.98. The number of anilines is 2. The molecule has 0 saturated carbocycles. The molecule has 8 aromatic rings. The van der Waals surface area contributed by atoms with Gasteiger partial charge in [0, 0.05) is 59.9 Å². The highest BCUT2D eigenvalue weighted by Gasteiger charge is 2.31. The van der Waals surface area contributed by atoms with E-state index >= 15 is 0 Å². The van der Waals surface area contributed by atoms with E-state index in [0.717, 1.165) is 40.3 Å². The minimum absolute atomic E-state index is 0.000485. The number of halogens is 4. The van der Waals surface area contributed by atoms with Crippen LogP contribution in [0.5, 0.6) is 0 Å². The summed E-state index contributed by atoms with van der Waals surface area (Å²) in [6.07, 6.45) is -1.08. The summed E-state index contributed by atoms with van der Waals surface area (Å²) in [4.78, 5) is 8.87. The molecule has 4 heterocycles. The van der Waals surface area contributed by atoms with Crippen molar-refractivity contribution in [2.45, 2.75) is 59.4 Å². The third-order valence-electron chi connectivity index (χ3n) is 10.3. The van der Waals surface area contributed by atoms with Crippen LogP contribution in [0.4, 0.5) is 29.2 Å². The lowest BCUT2D eigenvalue weighted by Gasteiger charge is -2.16. The molecule has 2 N–H and O–H groups in total. The molecule has 0 unspecified atom stereocenters. The van der Waals surface area contributed by atoms with E-state index in [1.54, 1.807) is 41.3 Å². The Morgan fingerprint density at radius 3 is 1.54 bits per heavy atom. The monoisotopic (exact) mass is 884 g/mol. The molecule has 4 aromatic carbocycles. The molecule has 0 fully saturated rings. The van der Waals surface area contributed by atoms with Crippen molar-refractivity contribution in [3.63, 3.8) is 0 Å². The molecule has 12 nitrogen and oxygen atoms in total. The van der Waals surface area contributed by atoms with Crippen LogP contribution in [0.3, 0.4) is 0 Å². The molecule has 16 heteroatoms. The molecule has 0 bridgehead atoms. The van der Waals surface area contributed by atoms with Crippen LogP contribution in [0.2, 0.25) is 0 Å². The number of nitrogens with zero attached hydrogens (tertiary/aromatic N) is 8. The van der Waals surface area contributed by atoms with Crippen molar-refractivity contribution in [1.29, 1.82) is 0 Å². The number of ether oxygens (including phenoxy) is 2. The summed E-state index contributed by atoms with van der Waals surface area (Å²) < 4.78 is 67.8. The van der Waals surface area contributed by atoms with E-state index in [-0.39, 0.29) is 31.4 Å². The first kappa shape index (κ1) is 45.7. The first-order chi connectivity index (χ1) is 31.5. The molecule has 0 saturated heterocycles. The Labute approximate surface area is 374 Å². The van der Waals surface area contributed by atoms with Crippen molar-refractivity contribution in [2.75, 3.05) is 23.8 Å². The van der Waals surface area contributed by atoms with Gasteiger partial charge < -0.3 is 20.1 Å². The molecule has 0 radical (unpaired) electrons. The van der Waals surface area contributed by atoms with Crippen molar-refractivity contribution < 1.29 is 27.0 Å². The molecular formula is C49H48F4N10O2. The average molecular weight is 885 g/mol. The lowest BCUT2D eigenvalue weighted by Crippen LogP contribution is -2.09. The molecule has 0 amide bonds. The van der Waals surface area contributed by atoms with Crippen molar-refractivity contribution in [3.05, 3.63) is 168 Å². The van der Waals surface area contributed by atoms with Gasteiger partial charge in [-0.05, 0) is 99.5 Å². The lowest BCUT2D eigenvalue weighted by molar-refractivity contribution is -0.137. The van der Waals surface area contributed by atoms with Crippen LogP contribution in [0.15, 0.2) is 146 Å². The van der Waals surface area contributed by atoms with Gasteiger partial charge in [0.15, 0.2) is 0 Å². The summed E-state index contributed by atoms with van der Waals surface area (Å²) in [6, 6.07) is 39.0. The Balaban J connectivity index is 0.000000195. The summed E-state index contributed by atoms with van der Waals surface area (Å²) in [5.41, 5.74) is 6.55. The third kappa shape index (κ3) is 11.6. The standard InChI is InChI=1S/C25H24F3N5O.C24H24FN5O/c1-3-34-16-33-24(20-10-7-11-21(14-20)25(26,27)28)23(31-32-33)19-12-13-29-22(15-19)30-17(2)18-8-5-4-6-9-18;1-3-31-16-30-24(23(28-29-30)19-9-11-21(25)12-10-19)20-13-14-26-22(15-20)27-17(2)18-7-5-4-6-8-18/h4-15,17H,3,16H2,1-2H3,(H,29,30);4-15,17H,3,16H2,1-2H3,(H,26,27)/t2*17-/m00/s1. The van der Waals surface area contributed by atoms with Crippen LogP contribution in [0.25, 0.3) is 45.0 Å². The molecule has 2 atom stereocenters. The molecule has 0 spiro atoms. The first-order valence-corrected chi connectivity index (χ1v) is 21.0. The second kappa shape index (κ2) is 21.4. The van der Waals surface area contributed by atoms with Gasteiger partial charge in [0.05, 0.1) is 17.0 Å². The Morgan fingerprint density at radius 1 is 0.554 bits per heavy atom. The highest BCUT2D eigenvalue weighted by molar-refractivity contribution is 5.80. The average Bonchev–Trinajstić information content (AvgIpc) is 3.96. The maximum atomic E-state index is 13.4. The number of nitrogens with one attached hydrogen (secondary N) is 2. The Bertz CT molecular complexity index is 2750. The van der Waals surface area contributed by atoms with Crippen LogP contribution in [-0.2, 0) is 29.1 Å². The number of hydrogen-bond donors (Lipinski definition) is 2. The van der Waals surface area contributed by atoms with E-state index in [9.17, 15) is 17.6 Å². The fourth-order valence-electron chi connectivity index (χ4n) is 6.98. The number of aromatic nitrogens is 8. The second-order valence-electron chi connectivity index (χ2n) is 14.8. The minimum Gasteiger partial charge on any atom is -0.364 e. The van der Waals surface area contributed by atoms with Crippen LogP contribution in [-0.4, -0.2) is 53.2 Å². The van der Waals surface area contributed by atoms with E-state index in [1.807, 2.05) is 87.5 Å². The fraction of sp³-hybridized carbons (Fsp3) is 0.224. The summed E-state index contributed by atoms with van der Waals surface area (Å²) in [5.74, 6) is 1.06. The number of hydrogen-bond acceptors (Lipinski definition) is 10. The van der Waals surface area contributed by atoms with E-state index in [1.165, 1.54) is 28.4 Å². The number of benzene rings is 4. The lowest BCUT2D eigenvalue weighted by atomic mass is 10.0. The summed E-state index contributed by atoms with van der Waals surface area (Å²) in [6.45, 7) is 9.20. The quantitative estimate of drug-likeness (QED) is 0.0905. The van der Waals surface area contributed by atoms with Crippen LogP contribution in [0.1, 0.15) is 56.5 Å². The molecule has 334 valence electrons. The topological polar surface area (TPSA) is 130 Å². The zero-order valence-corrected chi connectivity index (χ0v) is 36.2. The smallest absolute Gasteiger partial charge is 0.364 e. The van der Waals surface area contributed by atoms with Gasteiger partial charge in [-0.3, -0.25) is 0 Å². The van der Waals surface area contributed by atoms with E-state index < -0.39 is 11.7 Å². The highest BCUT2D eigenvalue weighted by atomic mass is 19.4. The Kier molecular flexibility index (Phi) is 15.0. The zero-order chi connectivity index (χ0) is 45.8. The molecule has 4 aromatic heterocycles. The predicted octanol–water partition coefficient (Wildman–Crippen LogP) is 11.5. The van der Waals surface area contributed by atoms with Gasteiger partial charge in [0.2, 0.25) is 0 Å². The second-order valence-corrected chi connectivity index (χ2v) is 14.8. The summed E-state index contributed by atoms with van der Waals surface area (Å²) in [7, 11) is 0. The van der Waals surface area contributed by atoms with Gasteiger partial charge in [-0.25, -0.2) is 23.7 Å².